The van der Waals surface area contributed by atoms with E-state index in [1.807, 2.05) is 11.4 Å². The van der Waals surface area contributed by atoms with Gasteiger partial charge < -0.3 is 5.11 Å². The first kappa shape index (κ1) is 8.47. The molecule has 0 saturated heterocycles. The van der Waals surface area contributed by atoms with Crippen LogP contribution in [0.3, 0.4) is 0 Å². The molecule has 66 valence electrons. The predicted molar refractivity (Wildman–Crippen MR) is 53.7 cm³/mol. The molecule has 0 aliphatic carbocycles. The van der Waals surface area contributed by atoms with E-state index >= 15 is 0 Å². The lowest BCUT2D eigenvalue weighted by Crippen LogP contribution is -1.94. The molecule has 1 N–H and O–H groups in total. The highest BCUT2D eigenvalue weighted by atomic mass is 32.1. The molecule has 0 bridgehead atoms. The van der Waals surface area contributed by atoms with Crippen LogP contribution in [0.5, 0.6) is 5.75 Å². The minimum Gasteiger partial charge on any atom is -0.506 e. The normalized spacial score (nSPS) is 10.2. The fraction of sp³-hybridized carbons (Fsp3) is 0. The second-order valence-electron chi connectivity index (χ2n) is 2.44. The molecule has 0 radical (unpaired) electrons. The Kier molecular flexibility index (Phi) is 2.16. The molecule has 2 nitrogen and oxygen atoms in total. The predicted octanol–water partition coefficient (Wildman–Crippen LogP) is 2.75. The Hall–Kier alpha value is -1.13. The van der Waals surface area contributed by atoms with Crippen molar-refractivity contribution in [2.24, 2.45) is 0 Å². The molecule has 0 aliphatic rings. The van der Waals surface area contributed by atoms with Crippen LogP contribution in [0.2, 0.25) is 0 Å². The van der Waals surface area contributed by atoms with Crippen molar-refractivity contribution >= 4 is 28.5 Å². The van der Waals surface area contributed by atoms with E-state index in [4.69, 9.17) is 0 Å². The standard InChI is InChI=1S/C9H6O2S2/c10-6-3-5-13-9(6)8(11)7-2-1-4-12-7/h1-5,10H. The maximum absolute atomic E-state index is 11.7. The zero-order valence-electron chi connectivity index (χ0n) is 6.56. The van der Waals surface area contributed by atoms with E-state index in [0.717, 1.165) is 0 Å². The van der Waals surface area contributed by atoms with Gasteiger partial charge in [0.15, 0.2) is 0 Å². The minimum atomic E-state index is -0.0949. The van der Waals surface area contributed by atoms with Crippen molar-refractivity contribution in [3.8, 4) is 5.75 Å². The van der Waals surface area contributed by atoms with Crippen molar-refractivity contribution in [1.82, 2.24) is 0 Å². The lowest BCUT2D eigenvalue weighted by atomic mass is 10.2. The summed E-state index contributed by atoms with van der Waals surface area (Å²) in [6.07, 6.45) is 0. The molecule has 0 aliphatic heterocycles. The Labute approximate surface area is 83.1 Å². The van der Waals surface area contributed by atoms with Gasteiger partial charge >= 0.3 is 0 Å². The molecule has 2 heterocycles. The topological polar surface area (TPSA) is 37.3 Å². The number of rotatable bonds is 2. The van der Waals surface area contributed by atoms with Gasteiger partial charge in [-0.3, -0.25) is 4.79 Å². The van der Waals surface area contributed by atoms with Crippen molar-refractivity contribution in [2.75, 3.05) is 0 Å². The second kappa shape index (κ2) is 3.32. The Bertz CT molecular complexity index is 415. The number of hydrogen-bond donors (Lipinski definition) is 1. The van der Waals surface area contributed by atoms with Crippen LogP contribution < -0.4 is 0 Å². The molecule has 0 amide bonds. The largest absolute Gasteiger partial charge is 0.506 e. The van der Waals surface area contributed by atoms with Crippen LogP contribution in [0.25, 0.3) is 0 Å². The molecule has 2 aromatic rings. The van der Waals surface area contributed by atoms with Gasteiger partial charge in [0.05, 0.1) is 4.88 Å². The number of aromatic hydroxyl groups is 1. The van der Waals surface area contributed by atoms with Gasteiger partial charge in [0.2, 0.25) is 5.78 Å². The highest BCUT2D eigenvalue weighted by molar-refractivity contribution is 7.16. The van der Waals surface area contributed by atoms with Gasteiger partial charge in [0.1, 0.15) is 10.6 Å². The van der Waals surface area contributed by atoms with Gasteiger partial charge in [-0.1, -0.05) is 6.07 Å². The third-order valence-corrected chi connectivity index (χ3v) is 3.37. The highest BCUT2D eigenvalue weighted by Gasteiger charge is 2.15. The monoisotopic (exact) mass is 210 g/mol. The van der Waals surface area contributed by atoms with Gasteiger partial charge in [-0.25, -0.2) is 0 Å². The molecule has 0 spiro atoms. The van der Waals surface area contributed by atoms with Crippen molar-refractivity contribution in [1.29, 1.82) is 0 Å². The lowest BCUT2D eigenvalue weighted by molar-refractivity contribution is 0.104. The first-order chi connectivity index (χ1) is 6.29. The van der Waals surface area contributed by atoms with E-state index < -0.39 is 0 Å². The van der Waals surface area contributed by atoms with Crippen LogP contribution in [0.4, 0.5) is 0 Å². The van der Waals surface area contributed by atoms with E-state index in [9.17, 15) is 9.90 Å². The average Bonchev–Trinajstić information content (AvgIpc) is 2.72. The Balaban J connectivity index is 2.39. The van der Waals surface area contributed by atoms with Gasteiger partial charge in [-0.15, -0.1) is 22.7 Å². The Morgan fingerprint density at radius 3 is 2.62 bits per heavy atom. The maximum Gasteiger partial charge on any atom is 0.216 e. The van der Waals surface area contributed by atoms with Gasteiger partial charge in [0.25, 0.3) is 0 Å². The van der Waals surface area contributed by atoms with Crippen LogP contribution in [0.1, 0.15) is 14.5 Å². The van der Waals surface area contributed by atoms with Crippen LogP contribution in [-0.4, -0.2) is 10.9 Å². The van der Waals surface area contributed by atoms with Gasteiger partial charge in [-0.05, 0) is 22.9 Å². The maximum atomic E-state index is 11.7. The molecule has 13 heavy (non-hydrogen) atoms. The minimum absolute atomic E-state index is 0.0726. The van der Waals surface area contributed by atoms with E-state index in [-0.39, 0.29) is 11.5 Å². The summed E-state index contributed by atoms with van der Waals surface area (Å²) >= 11 is 2.65. The SMILES string of the molecule is O=C(c1cccs1)c1sccc1O. The van der Waals surface area contributed by atoms with E-state index in [2.05, 4.69) is 0 Å². The number of carbonyl (C=O) groups excluding carboxylic acids is 1. The summed E-state index contributed by atoms with van der Waals surface area (Å²) in [7, 11) is 0. The third-order valence-electron chi connectivity index (χ3n) is 1.60. The summed E-state index contributed by atoms with van der Waals surface area (Å²) in [6, 6.07) is 5.11. The summed E-state index contributed by atoms with van der Waals surface area (Å²) in [5.41, 5.74) is 0. The van der Waals surface area contributed by atoms with Crippen molar-refractivity contribution in [3.63, 3.8) is 0 Å². The van der Waals surface area contributed by atoms with Gasteiger partial charge in [0, 0.05) is 0 Å². The summed E-state index contributed by atoms with van der Waals surface area (Å²) in [5.74, 6) is -0.0223. The highest BCUT2D eigenvalue weighted by Crippen LogP contribution is 2.27. The molecule has 0 fully saturated rings. The molecule has 0 aromatic carbocycles. The smallest absolute Gasteiger partial charge is 0.216 e. The Morgan fingerprint density at radius 2 is 2.08 bits per heavy atom. The fourth-order valence-corrected chi connectivity index (χ4v) is 2.47. The van der Waals surface area contributed by atoms with Crippen LogP contribution in [0.15, 0.2) is 29.0 Å². The number of hydrogen-bond acceptors (Lipinski definition) is 4. The molecular formula is C9H6O2S2. The first-order valence-corrected chi connectivity index (χ1v) is 5.39. The van der Waals surface area contributed by atoms with Crippen LogP contribution >= 0.6 is 22.7 Å². The second-order valence-corrected chi connectivity index (χ2v) is 4.31. The molecule has 0 unspecified atom stereocenters. The first-order valence-electron chi connectivity index (χ1n) is 3.63. The van der Waals surface area contributed by atoms with Crippen LogP contribution in [0, 0.1) is 0 Å². The average molecular weight is 210 g/mol. The molecule has 0 saturated carbocycles. The quantitative estimate of drug-likeness (QED) is 0.774. The third kappa shape index (κ3) is 1.50. The summed E-state index contributed by atoms with van der Waals surface area (Å²) in [4.78, 5) is 12.7. The lowest BCUT2D eigenvalue weighted by Gasteiger charge is -1.93. The van der Waals surface area contributed by atoms with E-state index in [1.54, 1.807) is 11.4 Å². The number of ketones is 1. The zero-order chi connectivity index (χ0) is 9.26. The number of thiophene rings is 2. The molecule has 2 aromatic heterocycles. The van der Waals surface area contributed by atoms with Crippen molar-refractivity contribution in [2.45, 2.75) is 0 Å². The van der Waals surface area contributed by atoms with Crippen molar-refractivity contribution in [3.05, 3.63) is 38.7 Å². The number of carbonyl (C=O) groups is 1. The van der Waals surface area contributed by atoms with E-state index in [0.29, 0.717) is 9.75 Å². The summed E-state index contributed by atoms with van der Waals surface area (Å²) in [5, 5.41) is 12.9. The molecule has 0 atom stereocenters. The summed E-state index contributed by atoms with van der Waals surface area (Å²) in [6.45, 7) is 0. The van der Waals surface area contributed by atoms with Crippen molar-refractivity contribution < 1.29 is 9.90 Å². The van der Waals surface area contributed by atoms with Gasteiger partial charge in [-0.2, -0.15) is 0 Å². The van der Waals surface area contributed by atoms with Crippen LogP contribution in [-0.2, 0) is 0 Å². The summed E-state index contributed by atoms with van der Waals surface area (Å²) < 4.78 is 0. The molecule has 2 rings (SSSR count). The fourth-order valence-electron chi connectivity index (χ4n) is 0.992. The molecular weight excluding hydrogens is 204 g/mol. The van der Waals surface area contributed by atoms with E-state index in [1.165, 1.54) is 28.7 Å². The molecule has 4 heteroatoms. The Morgan fingerprint density at radius 1 is 1.23 bits per heavy atom. The zero-order valence-corrected chi connectivity index (χ0v) is 8.19.